The zero-order chi connectivity index (χ0) is 20.5. The molecule has 2 aromatic rings. The first-order chi connectivity index (χ1) is 13.2. The molecule has 2 aromatic carbocycles. The molecule has 3 rings (SSSR count). The Hall–Kier alpha value is -1.67. The summed E-state index contributed by atoms with van der Waals surface area (Å²) in [5, 5.41) is 28.5. The standard InChI is InChI=1S/C18H16ClFN2O4S2/c19-15-7-13(20)3-6-16(15)28(25,26)22-9-17(18(24,10-22)11-23)27-14-4-1-12(8-21)2-5-14/h1-7,17,23-24H,9-11H2/t17-,18+/m0/s1. The second kappa shape index (κ2) is 7.99. The fourth-order valence-corrected chi connectivity index (χ4v) is 6.27. The SMILES string of the molecule is N#Cc1ccc(S[C@H]2CN(S(=O)(=O)c3ccc(F)cc3Cl)C[C@@]2(O)CO)cc1. The van der Waals surface area contributed by atoms with Gasteiger partial charge in [-0.15, -0.1) is 11.8 Å². The zero-order valence-electron chi connectivity index (χ0n) is 14.4. The van der Waals surface area contributed by atoms with Crippen LogP contribution in [0.2, 0.25) is 5.02 Å². The number of β-amino-alcohol motifs (C(OH)–C–C–N with tert-alkyl or cyclic N) is 1. The Morgan fingerprint density at radius 2 is 2.00 bits per heavy atom. The minimum atomic E-state index is -4.10. The van der Waals surface area contributed by atoms with Gasteiger partial charge in [-0.05, 0) is 42.5 Å². The van der Waals surface area contributed by atoms with Crippen molar-refractivity contribution in [1.29, 1.82) is 5.26 Å². The van der Waals surface area contributed by atoms with Crippen LogP contribution in [0.4, 0.5) is 4.39 Å². The van der Waals surface area contributed by atoms with Gasteiger partial charge >= 0.3 is 0 Å². The summed E-state index contributed by atoms with van der Waals surface area (Å²) in [5.74, 6) is -0.661. The lowest BCUT2D eigenvalue weighted by molar-refractivity contribution is 0.00319. The van der Waals surface area contributed by atoms with Crippen LogP contribution < -0.4 is 0 Å². The van der Waals surface area contributed by atoms with Gasteiger partial charge < -0.3 is 10.2 Å². The predicted molar refractivity (Wildman–Crippen MR) is 103 cm³/mol. The summed E-state index contributed by atoms with van der Waals surface area (Å²) in [6, 6.07) is 11.6. The smallest absolute Gasteiger partial charge is 0.244 e. The molecule has 1 saturated heterocycles. The van der Waals surface area contributed by atoms with E-state index in [4.69, 9.17) is 16.9 Å². The summed E-state index contributed by atoms with van der Waals surface area (Å²) in [6.07, 6.45) is 0. The van der Waals surface area contributed by atoms with Gasteiger partial charge in [-0.25, -0.2) is 12.8 Å². The maximum absolute atomic E-state index is 13.3. The monoisotopic (exact) mass is 442 g/mol. The molecule has 2 N–H and O–H groups in total. The topological polar surface area (TPSA) is 102 Å². The number of thioether (sulfide) groups is 1. The number of sulfonamides is 1. The van der Waals surface area contributed by atoms with Crippen molar-refractivity contribution in [1.82, 2.24) is 4.31 Å². The van der Waals surface area contributed by atoms with Crippen molar-refractivity contribution in [3.63, 3.8) is 0 Å². The van der Waals surface area contributed by atoms with E-state index in [1.54, 1.807) is 24.3 Å². The van der Waals surface area contributed by atoms with Crippen LogP contribution in [0.1, 0.15) is 5.56 Å². The molecule has 1 aliphatic rings. The molecular weight excluding hydrogens is 427 g/mol. The Bertz CT molecular complexity index is 1030. The molecule has 0 spiro atoms. The summed E-state index contributed by atoms with van der Waals surface area (Å²) < 4.78 is 40.2. The maximum Gasteiger partial charge on any atom is 0.244 e. The van der Waals surface area contributed by atoms with Crippen molar-refractivity contribution < 1.29 is 23.0 Å². The van der Waals surface area contributed by atoms with Gasteiger partial charge in [0.1, 0.15) is 16.3 Å². The van der Waals surface area contributed by atoms with Crippen LogP contribution in [0.5, 0.6) is 0 Å². The van der Waals surface area contributed by atoms with Crippen molar-refractivity contribution >= 4 is 33.4 Å². The molecule has 0 saturated carbocycles. The third-order valence-electron chi connectivity index (χ3n) is 4.47. The maximum atomic E-state index is 13.3. The van der Waals surface area contributed by atoms with Crippen molar-refractivity contribution in [3.05, 3.63) is 58.9 Å². The average molecular weight is 443 g/mol. The van der Waals surface area contributed by atoms with Crippen LogP contribution in [-0.4, -0.2) is 53.5 Å². The molecule has 0 unspecified atom stereocenters. The minimum absolute atomic E-state index is 0.0717. The number of halogens is 2. The first-order valence-electron chi connectivity index (χ1n) is 8.15. The Kier molecular flexibility index (Phi) is 6.00. The van der Waals surface area contributed by atoms with E-state index in [2.05, 4.69) is 0 Å². The number of aliphatic hydroxyl groups excluding tert-OH is 1. The Morgan fingerprint density at radius 3 is 2.57 bits per heavy atom. The normalized spacial score (nSPS) is 22.9. The summed E-state index contributed by atoms with van der Waals surface area (Å²) in [7, 11) is -4.10. The highest BCUT2D eigenvalue weighted by Crippen LogP contribution is 2.39. The number of nitrogens with zero attached hydrogens (tertiary/aromatic N) is 2. The van der Waals surface area contributed by atoms with E-state index in [0.29, 0.717) is 5.56 Å². The van der Waals surface area contributed by atoms with E-state index in [1.807, 2.05) is 6.07 Å². The third kappa shape index (κ3) is 4.03. The first-order valence-corrected chi connectivity index (χ1v) is 10.8. The van der Waals surface area contributed by atoms with Crippen LogP contribution in [0.25, 0.3) is 0 Å². The second-order valence-corrected chi connectivity index (χ2v) is 9.97. The average Bonchev–Trinajstić information content (AvgIpc) is 3.00. The van der Waals surface area contributed by atoms with E-state index in [-0.39, 0.29) is 23.0 Å². The highest BCUT2D eigenvalue weighted by atomic mass is 35.5. The molecule has 148 valence electrons. The minimum Gasteiger partial charge on any atom is -0.393 e. The van der Waals surface area contributed by atoms with Crippen molar-refractivity contribution in [2.45, 2.75) is 20.6 Å². The molecule has 28 heavy (non-hydrogen) atoms. The second-order valence-electron chi connectivity index (χ2n) is 6.38. The molecule has 0 amide bonds. The quantitative estimate of drug-likeness (QED) is 0.736. The van der Waals surface area contributed by atoms with E-state index >= 15 is 0 Å². The van der Waals surface area contributed by atoms with Crippen LogP contribution >= 0.6 is 23.4 Å². The Labute approximate surface area is 171 Å². The lowest BCUT2D eigenvalue weighted by Crippen LogP contribution is -2.44. The molecule has 1 fully saturated rings. The van der Waals surface area contributed by atoms with Gasteiger partial charge in [0.2, 0.25) is 10.0 Å². The largest absolute Gasteiger partial charge is 0.393 e. The predicted octanol–water partition coefficient (Wildman–Crippen LogP) is 2.24. The molecule has 1 heterocycles. The summed E-state index contributed by atoms with van der Waals surface area (Å²) in [6.45, 7) is -1.03. The Balaban J connectivity index is 1.87. The number of hydrogen-bond acceptors (Lipinski definition) is 6. The van der Waals surface area contributed by atoms with Crippen LogP contribution in [0.3, 0.4) is 0 Å². The van der Waals surface area contributed by atoms with Gasteiger partial charge in [-0.1, -0.05) is 11.6 Å². The van der Waals surface area contributed by atoms with Gasteiger partial charge in [0.05, 0.1) is 28.5 Å². The van der Waals surface area contributed by atoms with Crippen molar-refractivity contribution in [2.75, 3.05) is 19.7 Å². The van der Waals surface area contributed by atoms with E-state index < -0.39 is 33.3 Å². The molecule has 10 heteroatoms. The number of nitriles is 1. The van der Waals surface area contributed by atoms with E-state index in [1.165, 1.54) is 11.8 Å². The van der Waals surface area contributed by atoms with Crippen molar-refractivity contribution in [3.8, 4) is 6.07 Å². The van der Waals surface area contributed by atoms with Crippen LogP contribution in [0, 0.1) is 17.1 Å². The number of benzene rings is 2. The number of rotatable bonds is 5. The van der Waals surface area contributed by atoms with Crippen LogP contribution in [0.15, 0.2) is 52.3 Å². The van der Waals surface area contributed by atoms with Gasteiger partial charge in [-0.2, -0.15) is 9.57 Å². The summed E-state index contributed by atoms with van der Waals surface area (Å²) >= 11 is 7.11. The molecule has 1 aliphatic heterocycles. The highest BCUT2D eigenvalue weighted by Gasteiger charge is 2.49. The Morgan fingerprint density at radius 1 is 1.32 bits per heavy atom. The molecule has 0 aliphatic carbocycles. The number of aliphatic hydroxyl groups is 2. The van der Waals surface area contributed by atoms with Gasteiger partial charge in [0.15, 0.2) is 0 Å². The molecular formula is C18H16ClFN2O4S2. The molecule has 0 aromatic heterocycles. The molecule has 0 bridgehead atoms. The fourth-order valence-electron chi connectivity index (χ4n) is 2.90. The van der Waals surface area contributed by atoms with Crippen LogP contribution in [-0.2, 0) is 10.0 Å². The van der Waals surface area contributed by atoms with E-state index in [0.717, 1.165) is 27.4 Å². The molecule has 6 nitrogen and oxygen atoms in total. The number of hydrogen-bond donors (Lipinski definition) is 2. The summed E-state index contributed by atoms with van der Waals surface area (Å²) in [5.41, 5.74) is -1.19. The van der Waals surface area contributed by atoms with E-state index in [9.17, 15) is 23.0 Å². The first kappa shape index (κ1) is 21.0. The van der Waals surface area contributed by atoms with Gasteiger partial charge in [-0.3, -0.25) is 0 Å². The molecule has 0 radical (unpaired) electrons. The summed E-state index contributed by atoms with van der Waals surface area (Å²) in [4.78, 5) is 0.454. The fraction of sp³-hybridized carbons (Fsp3) is 0.278. The van der Waals surface area contributed by atoms with Gasteiger partial charge in [0, 0.05) is 18.0 Å². The zero-order valence-corrected chi connectivity index (χ0v) is 16.8. The lowest BCUT2D eigenvalue weighted by atomic mass is 10.1. The highest BCUT2D eigenvalue weighted by molar-refractivity contribution is 8.00. The van der Waals surface area contributed by atoms with Crippen molar-refractivity contribution in [2.24, 2.45) is 0 Å². The third-order valence-corrected chi connectivity index (χ3v) is 8.18. The molecule has 2 atom stereocenters. The van der Waals surface area contributed by atoms with Gasteiger partial charge in [0.25, 0.3) is 0 Å². The lowest BCUT2D eigenvalue weighted by Gasteiger charge is -2.26.